The van der Waals surface area contributed by atoms with E-state index in [1.54, 1.807) is 0 Å². The average molecular weight is 425 g/mol. The average Bonchev–Trinajstić information content (AvgIpc) is 3.28. The molecule has 2 aromatic heterocycles. The third kappa shape index (κ3) is 4.75. The Balaban J connectivity index is 2.71. The molecule has 5 nitrogen and oxygen atoms in total. The number of allylic oxidation sites excluding steroid dienone is 5. The van der Waals surface area contributed by atoms with Crippen LogP contribution in [0.25, 0.3) is 17.0 Å². The smallest absolute Gasteiger partial charge is 0.380 e. The third-order valence-electron chi connectivity index (χ3n) is 3.60. The molecule has 0 amide bonds. The molecule has 2 aromatic rings. The van der Waals surface area contributed by atoms with Gasteiger partial charge in [0.15, 0.2) is 23.1 Å². The van der Waals surface area contributed by atoms with Crippen molar-refractivity contribution in [3.05, 3.63) is 54.0 Å². The molecule has 0 radical (unpaired) electrons. The molecule has 12 heteroatoms. The van der Waals surface area contributed by atoms with E-state index < -0.39 is 53.4 Å². The van der Waals surface area contributed by atoms with Crippen LogP contribution < -0.4 is 0 Å². The second-order valence-corrected chi connectivity index (χ2v) is 5.52. The quantitative estimate of drug-likeness (QED) is 0.332. The fourth-order valence-corrected chi connectivity index (χ4v) is 2.36. The van der Waals surface area contributed by atoms with Crippen LogP contribution in [0, 0.1) is 0 Å². The largest absolute Gasteiger partial charge is 0.434 e. The van der Waals surface area contributed by atoms with E-state index in [1.165, 1.54) is 7.11 Å². The Kier molecular flexibility index (Phi) is 7.01. The zero-order valence-corrected chi connectivity index (χ0v) is 14.8. The molecule has 0 aromatic carbocycles. The molecule has 1 unspecified atom stereocenters. The Hall–Kier alpha value is -2.89. The van der Waals surface area contributed by atoms with Crippen molar-refractivity contribution in [2.24, 2.45) is 0 Å². The maximum atomic E-state index is 14.3. The Labute approximate surface area is 159 Å². The monoisotopic (exact) mass is 425 g/mol. The highest BCUT2D eigenvalue weighted by atomic mass is 19.4. The summed E-state index contributed by atoms with van der Waals surface area (Å²) < 4.78 is 105. The fourth-order valence-electron chi connectivity index (χ4n) is 2.36. The minimum absolute atomic E-state index is 0.0861. The molecule has 0 saturated heterocycles. The van der Waals surface area contributed by atoms with E-state index in [0.29, 0.717) is 12.3 Å². The van der Waals surface area contributed by atoms with E-state index in [1.807, 2.05) is 0 Å². The van der Waals surface area contributed by atoms with Crippen LogP contribution in [0.5, 0.6) is 0 Å². The lowest BCUT2D eigenvalue weighted by molar-refractivity contribution is -0.142. The van der Waals surface area contributed by atoms with Crippen LogP contribution in [0.3, 0.4) is 0 Å². The highest BCUT2D eigenvalue weighted by Crippen LogP contribution is 2.40. The number of aromatic nitrogens is 3. The zero-order chi connectivity index (χ0) is 21.8. The van der Waals surface area contributed by atoms with Gasteiger partial charge in [-0.25, -0.2) is 22.2 Å². The van der Waals surface area contributed by atoms with Gasteiger partial charge in [-0.05, 0) is 6.08 Å². The standard InChI is InChI=1S/C17H14F7N3O2/c1-3-10(19)4-12(20)14(21)13(5-18)27-16(17(22,23)24)11(7-25-27)15-9(8-28-2)6-26-29-15/h3-4,6-7,10H,1,5,8H2,2H3/b12-4+,14-13-. The van der Waals surface area contributed by atoms with Gasteiger partial charge < -0.3 is 9.26 Å². The highest BCUT2D eigenvalue weighted by molar-refractivity contribution is 5.67. The summed E-state index contributed by atoms with van der Waals surface area (Å²) in [6, 6.07) is 0. The van der Waals surface area contributed by atoms with E-state index in [2.05, 4.69) is 16.8 Å². The first-order chi connectivity index (χ1) is 13.6. The summed E-state index contributed by atoms with van der Waals surface area (Å²) in [5.74, 6) is -4.35. The van der Waals surface area contributed by atoms with Gasteiger partial charge in [0.1, 0.15) is 18.5 Å². The van der Waals surface area contributed by atoms with Crippen LogP contribution in [0.2, 0.25) is 0 Å². The van der Waals surface area contributed by atoms with Crippen LogP contribution in [0.4, 0.5) is 30.7 Å². The summed E-state index contributed by atoms with van der Waals surface area (Å²) in [7, 11) is 1.28. The lowest BCUT2D eigenvalue weighted by atomic mass is 10.1. The van der Waals surface area contributed by atoms with Crippen molar-refractivity contribution in [3.63, 3.8) is 0 Å². The molecule has 0 fully saturated rings. The summed E-state index contributed by atoms with van der Waals surface area (Å²) in [4.78, 5) is 0. The van der Waals surface area contributed by atoms with Gasteiger partial charge in [0.05, 0.1) is 24.6 Å². The summed E-state index contributed by atoms with van der Waals surface area (Å²) in [6.07, 6.45) is -4.88. The van der Waals surface area contributed by atoms with Crippen molar-refractivity contribution in [2.45, 2.75) is 19.0 Å². The normalized spacial score (nSPS) is 14.7. The topological polar surface area (TPSA) is 53.1 Å². The number of rotatable bonds is 8. The minimum Gasteiger partial charge on any atom is -0.380 e. The molecule has 1 atom stereocenters. The van der Waals surface area contributed by atoms with E-state index in [4.69, 9.17) is 9.26 Å². The lowest BCUT2D eigenvalue weighted by Gasteiger charge is -2.14. The predicted molar refractivity (Wildman–Crippen MR) is 88.0 cm³/mol. The number of nitrogens with zero attached hydrogens (tertiary/aromatic N) is 3. The van der Waals surface area contributed by atoms with Crippen LogP contribution in [0.1, 0.15) is 11.3 Å². The first-order valence-corrected chi connectivity index (χ1v) is 7.83. The van der Waals surface area contributed by atoms with Gasteiger partial charge in [-0.1, -0.05) is 17.8 Å². The Morgan fingerprint density at radius 1 is 1.34 bits per heavy atom. The van der Waals surface area contributed by atoms with Crippen molar-refractivity contribution < 1.29 is 40.0 Å². The number of halogens is 7. The van der Waals surface area contributed by atoms with Gasteiger partial charge in [-0.3, -0.25) is 0 Å². The van der Waals surface area contributed by atoms with Crippen LogP contribution in [0.15, 0.2) is 47.3 Å². The Morgan fingerprint density at radius 2 is 2.03 bits per heavy atom. The summed E-state index contributed by atoms with van der Waals surface area (Å²) in [5.41, 5.74) is -3.63. The summed E-state index contributed by atoms with van der Waals surface area (Å²) >= 11 is 0. The van der Waals surface area contributed by atoms with Crippen LogP contribution >= 0.6 is 0 Å². The number of hydrogen-bond acceptors (Lipinski definition) is 4. The second kappa shape index (κ2) is 9.07. The predicted octanol–water partition coefficient (Wildman–Crippen LogP) is 5.19. The van der Waals surface area contributed by atoms with Crippen molar-refractivity contribution in [3.8, 4) is 11.3 Å². The molecule has 29 heavy (non-hydrogen) atoms. The molecule has 2 rings (SSSR count). The molecule has 158 valence electrons. The van der Waals surface area contributed by atoms with Crippen molar-refractivity contribution in [1.82, 2.24) is 14.9 Å². The molecule has 0 aliphatic carbocycles. The minimum atomic E-state index is -5.17. The van der Waals surface area contributed by atoms with Gasteiger partial charge in [-0.2, -0.15) is 18.3 Å². The molecule has 0 aliphatic heterocycles. The van der Waals surface area contributed by atoms with Crippen molar-refractivity contribution in [1.29, 1.82) is 0 Å². The van der Waals surface area contributed by atoms with Gasteiger partial charge in [-0.15, -0.1) is 0 Å². The molecule has 0 aliphatic rings. The SMILES string of the molecule is C=CC(F)/C=C(F)\C(F)=C(/CF)n1ncc(-c2oncc2COC)c1C(F)(F)F. The van der Waals surface area contributed by atoms with E-state index in [-0.39, 0.29) is 22.9 Å². The molecular weight excluding hydrogens is 411 g/mol. The van der Waals surface area contributed by atoms with Gasteiger partial charge in [0.25, 0.3) is 0 Å². The van der Waals surface area contributed by atoms with Crippen LogP contribution in [-0.2, 0) is 17.5 Å². The van der Waals surface area contributed by atoms with Crippen molar-refractivity contribution in [2.75, 3.05) is 13.8 Å². The first kappa shape index (κ1) is 22.4. The Morgan fingerprint density at radius 3 is 2.59 bits per heavy atom. The maximum absolute atomic E-state index is 14.3. The number of hydrogen-bond donors (Lipinski definition) is 0. The van der Waals surface area contributed by atoms with Gasteiger partial charge >= 0.3 is 6.18 Å². The molecule has 0 saturated carbocycles. The van der Waals surface area contributed by atoms with Crippen molar-refractivity contribution >= 4 is 5.70 Å². The second-order valence-electron chi connectivity index (χ2n) is 5.52. The fraction of sp³-hybridized carbons (Fsp3) is 0.294. The van der Waals surface area contributed by atoms with E-state index in [9.17, 15) is 30.7 Å². The van der Waals surface area contributed by atoms with E-state index in [0.717, 1.165) is 6.20 Å². The maximum Gasteiger partial charge on any atom is 0.434 e. The zero-order valence-electron chi connectivity index (χ0n) is 14.8. The summed E-state index contributed by atoms with van der Waals surface area (Å²) in [6.45, 7) is 0.966. The highest BCUT2D eigenvalue weighted by Gasteiger charge is 2.41. The third-order valence-corrected chi connectivity index (χ3v) is 3.60. The Bertz CT molecular complexity index is 928. The van der Waals surface area contributed by atoms with Gasteiger partial charge in [0.2, 0.25) is 0 Å². The first-order valence-electron chi connectivity index (χ1n) is 7.83. The number of alkyl halides is 5. The van der Waals surface area contributed by atoms with Gasteiger partial charge in [0, 0.05) is 12.7 Å². The lowest BCUT2D eigenvalue weighted by Crippen LogP contribution is -2.17. The van der Waals surface area contributed by atoms with Crippen LogP contribution in [-0.4, -0.2) is 34.9 Å². The molecule has 0 spiro atoms. The molecular formula is C17H14F7N3O2. The molecule has 2 heterocycles. The number of ether oxygens (including phenoxy) is 1. The molecule has 0 N–H and O–H groups in total. The number of methoxy groups -OCH3 is 1. The van der Waals surface area contributed by atoms with E-state index >= 15 is 0 Å². The molecule has 0 bridgehead atoms. The summed E-state index contributed by atoms with van der Waals surface area (Å²) in [5, 5.41) is 6.72.